The molecule has 7 heteroatoms. The highest BCUT2D eigenvalue weighted by atomic mass is 35.5. The predicted octanol–water partition coefficient (Wildman–Crippen LogP) is 6.35. The fourth-order valence-corrected chi connectivity index (χ4v) is 3.37. The van der Waals surface area contributed by atoms with Gasteiger partial charge in [0.15, 0.2) is 0 Å². The van der Waals surface area contributed by atoms with Gasteiger partial charge < -0.3 is 15.4 Å². The van der Waals surface area contributed by atoms with E-state index in [1.165, 1.54) is 0 Å². The van der Waals surface area contributed by atoms with Crippen molar-refractivity contribution in [1.82, 2.24) is 0 Å². The summed E-state index contributed by atoms with van der Waals surface area (Å²) in [6, 6.07) is 19.4. The molecule has 0 radical (unpaired) electrons. The molecule has 0 unspecified atom stereocenters. The average molecular weight is 457 g/mol. The maximum Gasteiger partial charge on any atom is 0.255 e. The number of anilines is 2. The largest absolute Gasteiger partial charge is 0.492 e. The Bertz CT molecular complexity index is 1070. The van der Waals surface area contributed by atoms with Gasteiger partial charge in [-0.3, -0.25) is 9.59 Å². The molecule has 2 amide bonds. The Morgan fingerprint density at radius 1 is 0.903 bits per heavy atom. The van der Waals surface area contributed by atoms with E-state index in [0.717, 1.165) is 5.56 Å². The minimum absolute atomic E-state index is 0.138. The van der Waals surface area contributed by atoms with E-state index in [1.807, 2.05) is 25.1 Å². The second-order valence-corrected chi connectivity index (χ2v) is 7.72. The first kappa shape index (κ1) is 22.7. The van der Waals surface area contributed by atoms with Crippen LogP contribution in [0.4, 0.5) is 11.4 Å². The van der Waals surface area contributed by atoms with Crippen LogP contribution in [0.3, 0.4) is 0 Å². The van der Waals surface area contributed by atoms with Gasteiger partial charge in [-0.2, -0.15) is 0 Å². The number of hydrogen-bond donors (Lipinski definition) is 2. The SMILES string of the molecule is Cc1c(NC(=O)CCCOc2ccc(Cl)cc2Cl)cccc1NC(=O)c1ccccc1. The van der Waals surface area contributed by atoms with E-state index in [0.29, 0.717) is 45.8 Å². The molecule has 0 saturated heterocycles. The van der Waals surface area contributed by atoms with Gasteiger partial charge in [0.05, 0.1) is 11.6 Å². The zero-order chi connectivity index (χ0) is 22.2. The van der Waals surface area contributed by atoms with Gasteiger partial charge in [-0.05, 0) is 61.4 Å². The molecule has 0 fully saturated rings. The molecule has 0 aliphatic carbocycles. The van der Waals surface area contributed by atoms with Crippen molar-refractivity contribution in [3.63, 3.8) is 0 Å². The van der Waals surface area contributed by atoms with Gasteiger partial charge in [0.2, 0.25) is 5.91 Å². The summed E-state index contributed by atoms with van der Waals surface area (Å²) in [5.74, 6) is 0.190. The summed E-state index contributed by atoms with van der Waals surface area (Å²) < 4.78 is 5.60. The van der Waals surface area contributed by atoms with Crippen LogP contribution in [0.25, 0.3) is 0 Å². The summed E-state index contributed by atoms with van der Waals surface area (Å²) in [6.45, 7) is 2.20. The number of nitrogens with one attached hydrogen (secondary N) is 2. The lowest BCUT2D eigenvalue weighted by molar-refractivity contribution is -0.116. The smallest absolute Gasteiger partial charge is 0.255 e. The number of ether oxygens (including phenoxy) is 1. The lowest BCUT2D eigenvalue weighted by Crippen LogP contribution is -2.16. The van der Waals surface area contributed by atoms with Crippen molar-refractivity contribution >= 4 is 46.4 Å². The number of carbonyl (C=O) groups is 2. The van der Waals surface area contributed by atoms with Crippen molar-refractivity contribution in [2.75, 3.05) is 17.2 Å². The number of amides is 2. The van der Waals surface area contributed by atoms with Crippen LogP contribution in [-0.4, -0.2) is 18.4 Å². The van der Waals surface area contributed by atoms with Crippen LogP contribution in [0.2, 0.25) is 10.0 Å². The van der Waals surface area contributed by atoms with Crippen LogP contribution < -0.4 is 15.4 Å². The average Bonchev–Trinajstić information content (AvgIpc) is 2.76. The lowest BCUT2D eigenvalue weighted by atomic mass is 10.1. The molecular formula is C24H22Cl2N2O3. The summed E-state index contributed by atoms with van der Waals surface area (Å²) in [4.78, 5) is 24.7. The van der Waals surface area contributed by atoms with E-state index in [9.17, 15) is 9.59 Å². The molecule has 3 aromatic rings. The van der Waals surface area contributed by atoms with Crippen LogP contribution in [0, 0.1) is 6.92 Å². The van der Waals surface area contributed by atoms with E-state index in [-0.39, 0.29) is 18.2 Å². The molecule has 0 spiro atoms. The maximum absolute atomic E-state index is 12.4. The fraction of sp³-hybridized carbons (Fsp3) is 0.167. The minimum Gasteiger partial charge on any atom is -0.492 e. The minimum atomic E-state index is -0.204. The zero-order valence-electron chi connectivity index (χ0n) is 17.0. The number of halogens is 2. The van der Waals surface area contributed by atoms with Gasteiger partial charge in [0.1, 0.15) is 5.75 Å². The van der Waals surface area contributed by atoms with E-state index in [1.54, 1.807) is 48.5 Å². The molecule has 3 aromatic carbocycles. The summed E-state index contributed by atoms with van der Waals surface area (Å²) in [6.07, 6.45) is 0.805. The van der Waals surface area contributed by atoms with Crippen molar-refractivity contribution < 1.29 is 14.3 Å². The first-order valence-corrected chi connectivity index (χ1v) is 10.5. The van der Waals surface area contributed by atoms with Gasteiger partial charge in [-0.1, -0.05) is 47.5 Å². The molecule has 3 rings (SSSR count). The van der Waals surface area contributed by atoms with E-state index in [2.05, 4.69) is 10.6 Å². The Kier molecular flexibility index (Phi) is 7.93. The van der Waals surface area contributed by atoms with Crippen molar-refractivity contribution in [2.24, 2.45) is 0 Å². The molecule has 2 N–H and O–H groups in total. The monoisotopic (exact) mass is 456 g/mol. The van der Waals surface area contributed by atoms with Crippen LogP contribution in [0.15, 0.2) is 66.7 Å². The molecule has 5 nitrogen and oxygen atoms in total. The third-order valence-electron chi connectivity index (χ3n) is 4.59. The maximum atomic E-state index is 12.4. The number of rotatable bonds is 8. The van der Waals surface area contributed by atoms with Gasteiger partial charge in [0, 0.05) is 28.4 Å². The Hall–Kier alpha value is -3.02. The third kappa shape index (κ3) is 6.48. The van der Waals surface area contributed by atoms with Gasteiger partial charge in [-0.25, -0.2) is 0 Å². The molecule has 0 aromatic heterocycles. The Morgan fingerprint density at radius 3 is 2.32 bits per heavy atom. The number of benzene rings is 3. The van der Waals surface area contributed by atoms with E-state index >= 15 is 0 Å². The quantitative estimate of drug-likeness (QED) is 0.387. The van der Waals surface area contributed by atoms with Crippen molar-refractivity contribution in [3.8, 4) is 5.75 Å². The summed E-state index contributed by atoms with van der Waals surface area (Å²) in [7, 11) is 0. The van der Waals surface area contributed by atoms with E-state index in [4.69, 9.17) is 27.9 Å². The van der Waals surface area contributed by atoms with Crippen molar-refractivity contribution in [2.45, 2.75) is 19.8 Å². The van der Waals surface area contributed by atoms with Crippen LogP contribution in [0.5, 0.6) is 5.75 Å². The third-order valence-corrected chi connectivity index (χ3v) is 5.12. The molecule has 0 aliphatic heterocycles. The highest BCUT2D eigenvalue weighted by Crippen LogP contribution is 2.28. The normalized spacial score (nSPS) is 10.4. The van der Waals surface area contributed by atoms with Gasteiger partial charge in [0.25, 0.3) is 5.91 Å². The predicted molar refractivity (Wildman–Crippen MR) is 125 cm³/mol. The van der Waals surface area contributed by atoms with E-state index < -0.39 is 0 Å². The molecule has 160 valence electrons. The molecule has 0 heterocycles. The molecule has 0 saturated carbocycles. The molecule has 0 aliphatic rings. The highest BCUT2D eigenvalue weighted by molar-refractivity contribution is 6.35. The first-order valence-electron chi connectivity index (χ1n) is 9.78. The zero-order valence-corrected chi connectivity index (χ0v) is 18.5. The van der Waals surface area contributed by atoms with Crippen LogP contribution in [0.1, 0.15) is 28.8 Å². The van der Waals surface area contributed by atoms with Crippen LogP contribution in [-0.2, 0) is 4.79 Å². The van der Waals surface area contributed by atoms with Crippen LogP contribution >= 0.6 is 23.2 Å². The first-order chi connectivity index (χ1) is 14.9. The standard InChI is InChI=1S/C24H22Cl2N2O3/c1-16-20(9-5-10-21(16)28-24(30)17-7-3-2-4-8-17)27-23(29)11-6-14-31-22-13-12-18(25)15-19(22)26/h2-5,7-10,12-13,15H,6,11,14H2,1H3,(H,27,29)(H,28,30). The second kappa shape index (κ2) is 10.8. The molecule has 31 heavy (non-hydrogen) atoms. The number of carbonyl (C=O) groups excluding carboxylic acids is 2. The number of hydrogen-bond acceptors (Lipinski definition) is 3. The van der Waals surface area contributed by atoms with Gasteiger partial charge >= 0.3 is 0 Å². The highest BCUT2D eigenvalue weighted by Gasteiger charge is 2.11. The van der Waals surface area contributed by atoms with Crippen molar-refractivity contribution in [3.05, 3.63) is 87.9 Å². The molecule has 0 atom stereocenters. The molecule has 0 bridgehead atoms. The Morgan fingerprint density at radius 2 is 1.61 bits per heavy atom. The Balaban J connectivity index is 1.51. The summed E-state index contributed by atoms with van der Waals surface area (Å²) in [5, 5.41) is 6.75. The van der Waals surface area contributed by atoms with Crippen molar-refractivity contribution in [1.29, 1.82) is 0 Å². The topological polar surface area (TPSA) is 67.4 Å². The second-order valence-electron chi connectivity index (χ2n) is 6.87. The summed E-state index contributed by atoms with van der Waals surface area (Å²) in [5.41, 5.74) is 2.64. The fourth-order valence-electron chi connectivity index (χ4n) is 2.91. The Labute approximate surface area is 191 Å². The lowest BCUT2D eigenvalue weighted by Gasteiger charge is -2.14. The van der Waals surface area contributed by atoms with Gasteiger partial charge in [-0.15, -0.1) is 0 Å². The summed E-state index contributed by atoms with van der Waals surface area (Å²) >= 11 is 11.9. The molecular weight excluding hydrogens is 435 g/mol.